The molecule has 1 aromatic rings. The minimum atomic E-state index is -4.72. The zero-order valence-electron chi connectivity index (χ0n) is 14.8. The fourth-order valence-electron chi connectivity index (χ4n) is 3.71. The Hall–Kier alpha value is -2.71. The summed E-state index contributed by atoms with van der Waals surface area (Å²) < 4.78 is 71.8. The highest BCUT2D eigenvalue weighted by Crippen LogP contribution is 2.45. The first-order valence-corrected chi connectivity index (χ1v) is 8.42. The first-order chi connectivity index (χ1) is 13.2. The van der Waals surface area contributed by atoms with Crippen molar-refractivity contribution < 1.29 is 36.3 Å². The van der Waals surface area contributed by atoms with E-state index < -0.39 is 48.3 Å². The molecular formula is C19H16F5NO3. The molecule has 1 N–H and O–H groups in total. The Morgan fingerprint density at radius 1 is 1.29 bits per heavy atom. The third-order valence-corrected chi connectivity index (χ3v) is 4.81. The molecule has 0 aromatic heterocycles. The van der Waals surface area contributed by atoms with Gasteiger partial charge in [0.15, 0.2) is 5.78 Å². The number of rotatable bonds is 4. The fourth-order valence-corrected chi connectivity index (χ4v) is 3.71. The third-order valence-electron chi connectivity index (χ3n) is 4.81. The van der Waals surface area contributed by atoms with Gasteiger partial charge in [0.25, 0.3) is 0 Å². The number of nitrogens with one attached hydrogen (secondary N) is 1. The first kappa shape index (κ1) is 20.0. The van der Waals surface area contributed by atoms with Crippen molar-refractivity contribution in [2.24, 2.45) is 0 Å². The van der Waals surface area contributed by atoms with Crippen molar-refractivity contribution >= 4 is 11.8 Å². The molecule has 4 nitrogen and oxygen atoms in total. The van der Waals surface area contributed by atoms with Crippen molar-refractivity contribution in [3.05, 3.63) is 57.7 Å². The van der Waals surface area contributed by atoms with E-state index in [2.05, 4.69) is 10.1 Å². The van der Waals surface area contributed by atoms with Gasteiger partial charge < -0.3 is 10.1 Å². The van der Waals surface area contributed by atoms with Gasteiger partial charge in [0.2, 0.25) is 0 Å². The molecule has 0 saturated heterocycles. The van der Waals surface area contributed by atoms with Crippen molar-refractivity contribution in [1.29, 1.82) is 0 Å². The van der Waals surface area contributed by atoms with Crippen LogP contribution in [0.3, 0.4) is 0 Å². The van der Waals surface area contributed by atoms with Crippen molar-refractivity contribution in [2.75, 3.05) is 13.8 Å². The number of allylic oxidation sites excluding steroid dienone is 3. The summed E-state index contributed by atoms with van der Waals surface area (Å²) in [6.07, 6.45) is -6.02. The average Bonchev–Trinajstić information content (AvgIpc) is 3.01. The summed E-state index contributed by atoms with van der Waals surface area (Å²) in [6, 6.07) is 3.28. The van der Waals surface area contributed by atoms with Gasteiger partial charge in [0, 0.05) is 29.2 Å². The zero-order chi connectivity index (χ0) is 20.6. The Bertz CT molecular complexity index is 901. The van der Waals surface area contributed by atoms with E-state index in [0.29, 0.717) is 5.70 Å². The molecule has 28 heavy (non-hydrogen) atoms. The van der Waals surface area contributed by atoms with Crippen LogP contribution in [0, 0.1) is 5.82 Å². The van der Waals surface area contributed by atoms with Gasteiger partial charge in [-0.3, -0.25) is 4.79 Å². The van der Waals surface area contributed by atoms with Crippen LogP contribution < -0.4 is 5.32 Å². The lowest BCUT2D eigenvalue weighted by Crippen LogP contribution is -2.32. The second-order valence-electron chi connectivity index (χ2n) is 6.49. The van der Waals surface area contributed by atoms with E-state index in [0.717, 1.165) is 13.2 Å². The standard InChI is InChI=1S/C19H16F5NO3/c1-28-18(27)17-13(8-20)25-12-5-6-14(26)16(12)15(17)9-3-2-4-11(21)10(9)7-19(22,23)24/h2-4,15,25H,5-8H2,1H3. The molecule has 150 valence electrons. The molecule has 0 spiro atoms. The van der Waals surface area contributed by atoms with E-state index in [1.54, 1.807) is 0 Å². The molecule has 1 atom stereocenters. The van der Waals surface area contributed by atoms with Gasteiger partial charge in [-0.1, -0.05) is 12.1 Å². The number of carbonyl (C=O) groups is 2. The number of benzene rings is 1. The Kier molecular flexibility index (Phi) is 5.27. The minimum Gasteiger partial charge on any atom is -0.466 e. The second-order valence-corrected chi connectivity index (χ2v) is 6.49. The fraction of sp³-hybridized carbons (Fsp3) is 0.368. The number of ketones is 1. The highest BCUT2D eigenvalue weighted by molar-refractivity contribution is 6.05. The van der Waals surface area contributed by atoms with E-state index in [1.807, 2.05) is 0 Å². The van der Waals surface area contributed by atoms with Crippen molar-refractivity contribution in [2.45, 2.75) is 31.4 Å². The summed E-state index contributed by atoms with van der Waals surface area (Å²) in [5.41, 5.74) is -1.04. The number of methoxy groups -OCH3 is 1. The van der Waals surface area contributed by atoms with Crippen LogP contribution in [0.2, 0.25) is 0 Å². The molecular weight excluding hydrogens is 385 g/mol. The Labute approximate surface area is 157 Å². The first-order valence-electron chi connectivity index (χ1n) is 8.42. The average molecular weight is 401 g/mol. The lowest BCUT2D eigenvalue weighted by molar-refractivity contribution is -0.136. The number of hydrogen-bond donors (Lipinski definition) is 1. The van der Waals surface area contributed by atoms with Gasteiger partial charge in [-0.05, 0) is 18.1 Å². The van der Waals surface area contributed by atoms with Crippen LogP contribution in [-0.2, 0) is 20.7 Å². The topological polar surface area (TPSA) is 55.4 Å². The third kappa shape index (κ3) is 3.53. The number of Topliss-reactive ketones (excluding diaryl/α,β-unsaturated/α-hetero) is 1. The maximum absolute atomic E-state index is 14.3. The van der Waals surface area contributed by atoms with Crippen molar-refractivity contribution in [3.8, 4) is 0 Å². The molecule has 0 radical (unpaired) electrons. The summed E-state index contributed by atoms with van der Waals surface area (Å²) >= 11 is 0. The number of hydrogen-bond acceptors (Lipinski definition) is 4. The molecule has 3 rings (SSSR count). The summed E-state index contributed by atoms with van der Waals surface area (Å²) in [6.45, 7) is -1.13. The largest absolute Gasteiger partial charge is 0.466 e. The number of halogens is 5. The zero-order valence-corrected chi connectivity index (χ0v) is 14.8. The van der Waals surface area contributed by atoms with Gasteiger partial charge >= 0.3 is 12.1 Å². The molecule has 0 amide bonds. The molecule has 1 aliphatic heterocycles. The van der Waals surface area contributed by atoms with Crippen LogP contribution in [0.1, 0.15) is 29.9 Å². The highest BCUT2D eigenvalue weighted by Gasteiger charge is 2.43. The molecule has 0 saturated carbocycles. The van der Waals surface area contributed by atoms with Crippen LogP contribution in [0.5, 0.6) is 0 Å². The molecule has 9 heteroatoms. The van der Waals surface area contributed by atoms with Gasteiger partial charge in [0.1, 0.15) is 12.5 Å². The number of dihydropyridines is 1. The summed E-state index contributed by atoms with van der Waals surface area (Å²) in [5.74, 6) is -3.85. The van der Waals surface area contributed by atoms with E-state index >= 15 is 0 Å². The lowest BCUT2D eigenvalue weighted by Gasteiger charge is -2.30. The minimum absolute atomic E-state index is 0.0478. The molecule has 1 unspecified atom stereocenters. The second kappa shape index (κ2) is 7.37. The van der Waals surface area contributed by atoms with E-state index in [4.69, 9.17) is 0 Å². The predicted octanol–water partition coefficient (Wildman–Crippen LogP) is 3.63. The van der Waals surface area contributed by atoms with Crippen LogP contribution in [0.15, 0.2) is 40.7 Å². The smallest absolute Gasteiger partial charge is 0.393 e. The Morgan fingerprint density at radius 2 is 2.00 bits per heavy atom. The molecule has 1 aromatic carbocycles. The predicted molar refractivity (Wildman–Crippen MR) is 88.3 cm³/mol. The van der Waals surface area contributed by atoms with Gasteiger partial charge in [0.05, 0.1) is 24.8 Å². The molecule has 1 aliphatic carbocycles. The summed E-state index contributed by atoms with van der Waals surface area (Å²) in [7, 11) is 1.03. The summed E-state index contributed by atoms with van der Waals surface area (Å²) in [5, 5.41) is 2.69. The summed E-state index contributed by atoms with van der Waals surface area (Å²) in [4.78, 5) is 24.8. The quantitative estimate of drug-likeness (QED) is 0.619. The van der Waals surface area contributed by atoms with E-state index in [1.165, 1.54) is 12.1 Å². The lowest BCUT2D eigenvalue weighted by atomic mass is 9.78. The van der Waals surface area contributed by atoms with Crippen molar-refractivity contribution in [3.63, 3.8) is 0 Å². The van der Waals surface area contributed by atoms with Gasteiger partial charge in [-0.2, -0.15) is 13.2 Å². The number of ether oxygens (including phenoxy) is 1. The maximum atomic E-state index is 14.3. The van der Waals surface area contributed by atoms with Crippen LogP contribution in [-0.4, -0.2) is 31.7 Å². The maximum Gasteiger partial charge on any atom is 0.393 e. The molecule has 1 heterocycles. The van der Waals surface area contributed by atoms with Gasteiger partial charge in [-0.15, -0.1) is 0 Å². The van der Waals surface area contributed by atoms with Crippen LogP contribution in [0.25, 0.3) is 0 Å². The normalized spacial score (nSPS) is 19.6. The van der Waals surface area contributed by atoms with E-state index in [-0.39, 0.29) is 35.2 Å². The van der Waals surface area contributed by atoms with Crippen molar-refractivity contribution in [1.82, 2.24) is 5.32 Å². The van der Waals surface area contributed by atoms with Crippen LogP contribution >= 0.6 is 0 Å². The van der Waals surface area contributed by atoms with E-state index in [9.17, 15) is 31.5 Å². The molecule has 0 fully saturated rings. The SMILES string of the molecule is COC(=O)C1=C(CF)NC2=C(C(=O)CC2)C1c1cccc(F)c1CC(F)(F)F. The Morgan fingerprint density at radius 3 is 2.61 bits per heavy atom. The van der Waals surface area contributed by atoms with Crippen LogP contribution in [0.4, 0.5) is 22.0 Å². The Balaban J connectivity index is 2.27. The monoisotopic (exact) mass is 401 g/mol. The van der Waals surface area contributed by atoms with Gasteiger partial charge in [-0.25, -0.2) is 13.6 Å². The number of esters is 1. The number of alkyl halides is 4. The molecule has 0 bridgehead atoms. The molecule has 2 aliphatic rings. The highest BCUT2D eigenvalue weighted by atomic mass is 19.4. The number of carbonyl (C=O) groups excluding carboxylic acids is 2.